The molecule has 0 atom stereocenters. The first-order valence-corrected chi connectivity index (χ1v) is 6.96. The van der Waals surface area contributed by atoms with Crippen molar-refractivity contribution in [3.05, 3.63) is 48.5 Å². The van der Waals surface area contributed by atoms with E-state index in [1.54, 1.807) is 0 Å². The monoisotopic (exact) mass is 314 g/mol. The van der Waals surface area contributed by atoms with Gasteiger partial charge in [0, 0.05) is 0 Å². The van der Waals surface area contributed by atoms with Crippen LogP contribution in [-0.4, -0.2) is 20.9 Å². The standard InChI is InChI=1S/C12H12N2Te/c13-9-5-7-10(8-6-9)15-12-4-2-1-3-11(12)14/h1-8H,13-14H2. The molecule has 0 amide bonds. The van der Waals surface area contributed by atoms with Crippen molar-refractivity contribution in [2.24, 2.45) is 0 Å². The zero-order chi connectivity index (χ0) is 10.7. The molecule has 0 aliphatic heterocycles. The average Bonchev–Trinajstić information content (AvgIpc) is 2.25. The first-order valence-electron chi connectivity index (χ1n) is 4.63. The van der Waals surface area contributed by atoms with E-state index >= 15 is 0 Å². The summed E-state index contributed by atoms with van der Waals surface area (Å²) in [6.07, 6.45) is 0. The Bertz CT molecular complexity index is 451. The van der Waals surface area contributed by atoms with Crippen LogP contribution in [-0.2, 0) is 0 Å². The number of nitrogen functional groups attached to an aromatic ring is 2. The number of rotatable bonds is 2. The first-order chi connectivity index (χ1) is 7.25. The SMILES string of the molecule is Nc1ccc([Te]c2ccccc2N)cc1. The number of para-hydroxylation sites is 1. The Kier molecular flexibility index (Phi) is 3.15. The van der Waals surface area contributed by atoms with Gasteiger partial charge in [-0.15, -0.1) is 0 Å². The third kappa shape index (κ3) is 2.65. The number of benzene rings is 2. The summed E-state index contributed by atoms with van der Waals surface area (Å²) in [6, 6.07) is 16.1. The van der Waals surface area contributed by atoms with Crippen molar-refractivity contribution in [2.45, 2.75) is 0 Å². The average molecular weight is 312 g/mol. The second-order valence-electron chi connectivity index (χ2n) is 3.21. The van der Waals surface area contributed by atoms with Crippen molar-refractivity contribution in [2.75, 3.05) is 11.5 Å². The van der Waals surface area contributed by atoms with Crippen LogP contribution in [0.1, 0.15) is 0 Å². The molecule has 2 rings (SSSR count). The van der Waals surface area contributed by atoms with E-state index in [2.05, 4.69) is 18.2 Å². The van der Waals surface area contributed by atoms with Crippen LogP contribution in [0.15, 0.2) is 48.5 Å². The molecule has 2 aromatic carbocycles. The molecule has 0 saturated heterocycles. The molecular weight excluding hydrogens is 300 g/mol. The van der Waals surface area contributed by atoms with E-state index in [1.807, 2.05) is 30.3 Å². The van der Waals surface area contributed by atoms with E-state index in [-0.39, 0.29) is 20.9 Å². The van der Waals surface area contributed by atoms with Crippen molar-refractivity contribution >= 4 is 39.5 Å². The van der Waals surface area contributed by atoms with E-state index in [4.69, 9.17) is 11.5 Å². The van der Waals surface area contributed by atoms with Crippen LogP contribution in [0, 0.1) is 0 Å². The molecule has 0 saturated carbocycles. The quantitative estimate of drug-likeness (QED) is 0.627. The predicted octanol–water partition coefficient (Wildman–Crippen LogP) is 0.506. The first kappa shape index (κ1) is 10.4. The number of hydrogen-bond donors (Lipinski definition) is 2. The van der Waals surface area contributed by atoms with Gasteiger partial charge in [0.2, 0.25) is 0 Å². The Morgan fingerprint density at radius 1 is 0.800 bits per heavy atom. The summed E-state index contributed by atoms with van der Waals surface area (Å²) in [7, 11) is 0. The number of anilines is 2. The summed E-state index contributed by atoms with van der Waals surface area (Å²) in [5, 5.41) is 0. The van der Waals surface area contributed by atoms with Gasteiger partial charge in [0.05, 0.1) is 0 Å². The van der Waals surface area contributed by atoms with Gasteiger partial charge in [0.25, 0.3) is 0 Å². The molecular formula is C12H12N2Te. The Morgan fingerprint density at radius 2 is 1.47 bits per heavy atom. The molecule has 0 fully saturated rings. The molecule has 0 radical (unpaired) electrons. The van der Waals surface area contributed by atoms with E-state index in [1.165, 1.54) is 7.22 Å². The second-order valence-corrected chi connectivity index (χ2v) is 6.39. The fourth-order valence-corrected chi connectivity index (χ4v) is 3.69. The molecule has 3 heteroatoms. The van der Waals surface area contributed by atoms with E-state index < -0.39 is 0 Å². The van der Waals surface area contributed by atoms with Crippen LogP contribution in [0.5, 0.6) is 0 Å². The Balaban J connectivity index is 2.22. The van der Waals surface area contributed by atoms with Gasteiger partial charge in [-0.05, 0) is 0 Å². The number of hydrogen-bond acceptors (Lipinski definition) is 2. The molecule has 76 valence electrons. The zero-order valence-corrected chi connectivity index (χ0v) is 10.5. The topological polar surface area (TPSA) is 52.0 Å². The van der Waals surface area contributed by atoms with E-state index in [0.29, 0.717) is 0 Å². The maximum atomic E-state index is 5.91. The van der Waals surface area contributed by atoms with Crippen LogP contribution in [0.4, 0.5) is 11.4 Å². The molecule has 15 heavy (non-hydrogen) atoms. The Morgan fingerprint density at radius 3 is 2.13 bits per heavy atom. The van der Waals surface area contributed by atoms with Crippen molar-refractivity contribution in [3.63, 3.8) is 0 Å². The normalized spacial score (nSPS) is 10.1. The third-order valence-corrected chi connectivity index (χ3v) is 5.17. The zero-order valence-electron chi connectivity index (χ0n) is 8.18. The van der Waals surface area contributed by atoms with Crippen molar-refractivity contribution in [3.8, 4) is 0 Å². The molecule has 0 spiro atoms. The molecule has 2 aromatic rings. The molecule has 0 heterocycles. The van der Waals surface area contributed by atoms with Gasteiger partial charge in [-0.2, -0.15) is 0 Å². The Hall–Kier alpha value is -1.17. The van der Waals surface area contributed by atoms with E-state index in [9.17, 15) is 0 Å². The summed E-state index contributed by atoms with van der Waals surface area (Å²) in [5.74, 6) is 0. The fourth-order valence-electron chi connectivity index (χ4n) is 1.24. The second kappa shape index (κ2) is 4.57. The summed E-state index contributed by atoms with van der Waals surface area (Å²) in [5.41, 5.74) is 13.3. The molecule has 0 aliphatic rings. The van der Waals surface area contributed by atoms with Crippen LogP contribution < -0.4 is 18.7 Å². The van der Waals surface area contributed by atoms with Gasteiger partial charge in [0.1, 0.15) is 0 Å². The summed E-state index contributed by atoms with van der Waals surface area (Å²) < 4.78 is 2.64. The molecule has 0 aliphatic carbocycles. The van der Waals surface area contributed by atoms with Crippen molar-refractivity contribution < 1.29 is 0 Å². The summed E-state index contributed by atoms with van der Waals surface area (Å²) in [6.45, 7) is 0. The fraction of sp³-hybridized carbons (Fsp3) is 0. The van der Waals surface area contributed by atoms with Crippen LogP contribution >= 0.6 is 0 Å². The van der Waals surface area contributed by atoms with Gasteiger partial charge in [0.15, 0.2) is 0 Å². The van der Waals surface area contributed by atoms with Crippen molar-refractivity contribution in [1.29, 1.82) is 0 Å². The predicted molar refractivity (Wildman–Crippen MR) is 66.7 cm³/mol. The van der Waals surface area contributed by atoms with E-state index in [0.717, 1.165) is 11.4 Å². The minimum absolute atomic E-state index is 0.376. The molecule has 2 nitrogen and oxygen atoms in total. The molecule has 4 N–H and O–H groups in total. The van der Waals surface area contributed by atoms with Crippen LogP contribution in [0.3, 0.4) is 0 Å². The molecule has 0 unspecified atom stereocenters. The van der Waals surface area contributed by atoms with Gasteiger partial charge < -0.3 is 0 Å². The molecule has 0 aromatic heterocycles. The van der Waals surface area contributed by atoms with Gasteiger partial charge in [-0.1, -0.05) is 0 Å². The van der Waals surface area contributed by atoms with Crippen LogP contribution in [0.2, 0.25) is 0 Å². The maximum absolute atomic E-state index is 5.91. The van der Waals surface area contributed by atoms with Gasteiger partial charge >= 0.3 is 99.5 Å². The van der Waals surface area contributed by atoms with Gasteiger partial charge in [-0.25, -0.2) is 0 Å². The minimum atomic E-state index is -0.376. The van der Waals surface area contributed by atoms with Crippen molar-refractivity contribution in [1.82, 2.24) is 0 Å². The molecule has 0 bridgehead atoms. The number of nitrogens with two attached hydrogens (primary N) is 2. The Labute approximate surface area is 99.4 Å². The summed E-state index contributed by atoms with van der Waals surface area (Å²) >= 11 is -0.376. The summed E-state index contributed by atoms with van der Waals surface area (Å²) in [4.78, 5) is 0. The van der Waals surface area contributed by atoms with Gasteiger partial charge in [-0.3, -0.25) is 0 Å². The third-order valence-electron chi connectivity index (χ3n) is 2.03. The van der Waals surface area contributed by atoms with Crippen LogP contribution in [0.25, 0.3) is 0 Å².